The second-order valence-electron chi connectivity index (χ2n) is 1.02. The van der Waals surface area contributed by atoms with E-state index >= 15 is 0 Å². The third-order valence-electron chi connectivity index (χ3n) is 0.468. The summed E-state index contributed by atoms with van der Waals surface area (Å²) in [4.78, 5) is 0. The fourth-order valence-electron chi connectivity index (χ4n) is 0.192. The van der Waals surface area contributed by atoms with Crippen molar-refractivity contribution in [2.24, 2.45) is 0 Å². The maximum atomic E-state index is 2.14. The van der Waals surface area contributed by atoms with Crippen molar-refractivity contribution in [2.45, 2.75) is 28.2 Å². The zero-order valence-electron chi connectivity index (χ0n) is 4.27. The summed E-state index contributed by atoms with van der Waals surface area (Å²) in [5.74, 6) is 0. The summed E-state index contributed by atoms with van der Waals surface area (Å²) in [5, 5.41) is 2.10. The second-order valence-corrected chi connectivity index (χ2v) is 1.76. The quantitative estimate of drug-likeness (QED) is 0.556. The van der Waals surface area contributed by atoms with E-state index in [2.05, 4.69) is 24.7 Å². The fourth-order valence-corrected chi connectivity index (χ4v) is 0.577. The molecule has 0 saturated carbocycles. The highest BCUT2D eigenvalue weighted by atomic mass is 32.2. The smallest absolute Gasteiger partial charge is 0.0142 e. The van der Waals surface area contributed by atoms with Crippen molar-refractivity contribution < 1.29 is 0 Å². The van der Waals surface area contributed by atoms with E-state index in [0.29, 0.717) is 0 Å². The molecule has 0 aliphatic heterocycles. The molecule has 0 unspecified atom stereocenters. The Morgan fingerprint density at radius 1 is 1.38 bits per heavy atom. The predicted molar refractivity (Wildman–Crippen MR) is 46.4 cm³/mol. The summed E-state index contributed by atoms with van der Waals surface area (Å²) in [5.41, 5.74) is 0. The van der Waals surface area contributed by atoms with Crippen LogP contribution in [-0.4, -0.2) is 6.26 Å². The summed E-state index contributed by atoms with van der Waals surface area (Å²) >= 11 is 1.75. The van der Waals surface area contributed by atoms with Crippen LogP contribution >= 0.6 is 11.8 Å². The molecule has 0 fully saturated rings. The minimum absolute atomic E-state index is 0. The van der Waals surface area contributed by atoms with E-state index in [0.717, 1.165) is 6.42 Å². The van der Waals surface area contributed by atoms with Gasteiger partial charge in [-0.2, -0.15) is 0 Å². The van der Waals surface area contributed by atoms with E-state index in [1.807, 2.05) is 0 Å². The molecular weight excluding hydrogens is 116 g/mol. The van der Waals surface area contributed by atoms with Gasteiger partial charge in [-0.15, -0.1) is 11.8 Å². The maximum Gasteiger partial charge on any atom is -0.0142 e. The third kappa shape index (κ3) is 16.5. The van der Waals surface area contributed by atoms with E-state index < -0.39 is 0 Å². The molecule has 0 amide bonds. The predicted octanol–water partition coefficient (Wildman–Crippen LogP) is 3.55. The number of allylic oxidation sites excluding steroid dienone is 1. The lowest BCUT2D eigenvalue weighted by Gasteiger charge is -1.72. The van der Waals surface area contributed by atoms with Gasteiger partial charge in [0.25, 0.3) is 0 Å². The molecule has 0 atom stereocenters. The first kappa shape index (κ1) is 15.7. The number of rotatable bonds is 2. The van der Waals surface area contributed by atoms with Crippen molar-refractivity contribution in [3.05, 3.63) is 11.5 Å². The molecule has 0 aromatic rings. The molecule has 0 nitrogen and oxygen atoms in total. The van der Waals surface area contributed by atoms with Crippen LogP contribution in [0.1, 0.15) is 28.2 Å². The molecule has 0 radical (unpaired) electrons. The largest absolute Gasteiger partial charge is 0.138 e. The molecule has 0 aliphatic rings. The van der Waals surface area contributed by atoms with Crippen LogP contribution in [-0.2, 0) is 0 Å². The Bertz CT molecular complexity index is 33.7. The average molecular weight is 134 g/mol. The molecular formula is C7H18S. The topological polar surface area (TPSA) is 0 Å². The Morgan fingerprint density at radius 3 is 2.00 bits per heavy atom. The molecule has 0 heterocycles. The van der Waals surface area contributed by atoms with Gasteiger partial charge in [-0.1, -0.05) is 27.9 Å². The van der Waals surface area contributed by atoms with Crippen LogP contribution < -0.4 is 0 Å². The van der Waals surface area contributed by atoms with E-state index in [9.17, 15) is 0 Å². The van der Waals surface area contributed by atoms with Gasteiger partial charge in [0.2, 0.25) is 0 Å². The molecule has 8 heavy (non-hydrogen) atoms. The minimum Gasteiger partial charge on any atom is -0.138 e. The highest BCUT2D eigenvalue weighted by Gasteiger charge is 1.59. The lowest BCUT2D eigenvalue weighted by Crippen LogP contribution is -1.46. The van der Waals surface area contributed by atoms with Crippen molar-refractivity contribution in [3.63, 3.8) is 0 Å². The standard InChI is InChI=1S/C5H10S.2CH4/c1-3-4-5-6-2;;/h4-5H,3H2,1-2H3;2*1H4/b5-4+;;. The zero-order valence-corrected chi connectivity index (χ0v) is 5.09. The van der Waals surface area contributed by atoms with Gasteiger partial charge in [0, 0.05) is 0 Å². The van der Waals surface area contributed by atoms with Crippen molar-refractivity contribution in [1.29, 1.82) is 0 Å². The van der Waals surface area contributed by atoms with Gasteiger partial charge in [0.05, 0.1) is 0 Å². The van der Waals surface area contributed by atoms with Gasteiger partial charge in [-0.25, -0.2) is 0 Å². The molecule has 0 aliphatic carbocycles. The molecule has 0 bridgehead atoms. The molecule has 0 aromatic heterocycles. The molecule has 0 aromatic carbocycles. The van der Waals surface area contributed by atoms with Crippen molar-refractivity contribution in [2.75, 3.05) is 6.26 Å². The first-order valence-corrected chi connectivity index (χ1v) is 3.38. The monoisotopic (exact) mass is 134 g/mol. The summed E-state index contributed by atoms with van der Waals surface area (Å²) < 4.78 is 0. The summed E-state index contributed by atoms with van der Waals surface area (Å²) in [7, 11) is 0. The number of hydrogen-bond donors (Lipinski definition) is 0. The Labute approximate surface area is 58.4 Å². The Morgan fingerprint density at radius 2 is 1.88 bits per heavy atom. The van der Waals surface area contributed by atoms with Crippen LogP contribution in [0.5, 0.6) is 0 Å². The highest BCUT2D eigenvalue weighted by molar-refractivity contribution is 8.01. The van der Waals surface area contributed by atoms with Crippen LogP contribution in [0.3, 0.4) is 0 Å². The summed E-state index contributed by atoms with van der Waals surface area (Å²) in [6.07, 6.45) is 5.36. The Kier molecular flexibility index (Phi) is 30.8. The SMILES string of the molecule is C.C.CC/C=C/SC. The van der Waals surface area contributed by atoms with Crippen LogP contribution in [0, 0.1) is 0 Å². The van der Waals surface area contributed by atoms with Crippen LogP contribution in [0.25, 0.3) is 0 Å². The second kappa shape index (κ2) is 15.7. The van der Waals surface area contributed by atoms with Gasteiger partial charge >= 0.3 is 0 Å². The Balaban J connectivity index is -0.000000125. The molecule has 0 saturated heterocycles. The third-order valence-corrected chi connectivity index (χ3v) is 0.933. The molecule has 52 valence electrons. The number of thioether (sulfide) groups is 1. The Hall–Kier alpha value is 0.0900. The molecule has 0 spiro atoms. The van der Waals surface area contributed by atoms with E-state index in [-0.39, 0.29) is 14.9 Å². The van der Waals surface area contributed by atoms with Crippen LogP contribution in [0.2, 0.25) is 0 Å². The van der Waals surface area contributed by atoms with Gasteiger partial charge in [0.1, 0.15) is 0 Å². The highest BCUT2D eigenvalue weighted by Crippen LogP contribution is 1.93. The van der Waals surface area contributed by atoms with Gasteiger partial charge < -0.3 is 0 Å². The molecule has 0 N–H and O–H groups in total. The summed E-state index contributed by atoms with van der Waals surface area (Å²) in [6, 6.07) is 0. The molecule has 1 heteroatoms. The van der Waals surface area contributed by atoms with Gasteiger partial charge in [0.15, 0.2) is 0 Å². The van der Waals surface area contributed by atoms with Crippen molar-refractivity contribution >= 4 is 11.8 Å². The molecule has 0 rings (SSSR count). The average Bonchev–Trinajstić information content (AvgIpc) is 1.61. The van der Waals surface area contributed by atoms with Crippen molar-refractivity contribution in [3.8, 4) is 0 Å². The first-order chi connectivity index (χ1) is 2.91. The lowest BCUT2D eigenvalue weighted by atomic mass is 10.5. The van der Waals surface area contributed by atoms with Crippen molar-refractivity contribution in [1.82, 2.24) is 0 Å². The zero-order chi connectivity index (χ0) is 4.83. The maximum absolute atomic E-state index is 2.14. The van der Waals surface area contributed by atoms with E-state index in [4.69, 9.17) is 0 Å². The van der Waals surface area contributed by atoms with E-state index in [1.165, 1.54) is 0 Å². The minimum atomic E-state index is 0. The lowest BCUT2D eigenvalue weighted by molar-refractivity contribution is 1.23. The number of hydrogen-bond acceptors (Lipinski definition) is 1. The van der Waals surface area contributed by atoms with E-state index in [1.54, 1.807) is 11.8 Å². The first-order valence-electron chi connectivity index (χ1n) is 2.09. The van der Waals surface area contributed by atoms with Crippen LogP contribution in [0.4, 0.5) is 0 Å². The van der Waals surface area contributed by atoms with Crippen LogP contribution in [0.15, 0.2) is 11.5 Å². The van der Waals surface area contributed by atoms with Gasteiger partial charge in [-0.3, -0.25) is 0 Å². The summed E-state index contributed by atoms with van der Waals surface area (Å²) in [6.45, 7) is 2.13. The van der Waals surface area contributed by atoms with Gasteiger partial charge in [-0.05, 0) is 18.1 Å². The normalized spacial score (nSPS) is 7.75. The fraction of sp³-hybridized carbons (Fsp3) is 0.714.